The third kappa shape index (κ3) is 5.29. The molecule has 12 heavy (non-hydrogen) atoms. The highest BCUT2D eigenvalue weighted by Crippen LogP contribution is 2.23. The van der Waals surface area contributed by atoms with Crippen molar-refractivity contribution in [2.24, 2.45) is 5.73 Å². The van der Waals surface area contributed by atoms with Crippen LogP contribution in [-0.2, 0) is 0 Å². The molecule has 1 rings (SSSR count). The summed E-state index contributed by atoms with van der Waals surface area (Å²) in [6.07, 6.45) is 8.86. The van der Waals surface area contributed by atoms with Crippen LogP contribution in [0, 0.1) is 12.3 Å². The molecular weight excluding hydrogens is 166 g/mol. The first-order valence-corrected chi connectivity index (χ1v) is 4.60. The van der Waals surface area contributed by atoms with Gasteiger partial charge in [-0.15, -0.1) is 12.3 Å². The third-order valence-corrected chi connectivity index (χ3v) is 2.36. The van der Waals surface area contributed by atoms with Crippen LogP contribution in [0.1, 0.15) is 39.5 Å². The van der Waals surface area contributed by atoms with Crippen LogP contribution in [0.3, 0.4) is 0 Å². The van der Waals surface area contributed by atoms with E-state index in [-0.39, 0.29) is 5.54 Å². The fourth-order valence-corrected chi connectivity index (χ4v) is 1.30. The van der Waals surface area contributed by atoms with Gasteiger partial charge < -0.3 is 5.73 Å². The van der Waals surface area contributed by atoms with Crippen molar-refractivity contribution >= 4 is 17.1 Å². The number of rotatable bonds is 0. The normalized spacial score (nSPS) is 20.3. The SMILES string of the molecule is C#CC.CC1(N)CCC(=S)CC1. The number of hydrogen-bond acceptors (Lipinski definition) is 2. The summed E-state index contributed by atoms with van der Waals surface area (Å²) in [4.78, 5) is 1.21. The minimum absolute atomic E-state index is 0.0717. The van der Waals surface area contributed by atoms with Gasteiger partial charge in [-0.3, -0.25) is 0 Å². The maximum absolute atomic E-state index is 5.88. The molecule has 1 aliphatic carbocycles. The minimum atomic E-state index is 0.0717. The number of nitrogens with two attached hydrogens (primary N) is 1. The van der Waals surface area contributed by atoms with Gasteiger partial charge in [0.1, 0.15) is 0 Å². The zero-order valence-corrected chi connectivity index (χ0v) is 8.71. The summed E-state index contributed by atoms with van der Waals surface area (Å²) in [5.74, 6) is 2.25. The molecule has 68 valence electrons. The van der Waals surface area contributed by atoms with Gasteiger partial charge in [-0.2, -0.15) is 0 Å². The molecule has 0 radical (unpaired) electrons. The van der Waals surface area contributed by atoms with Gasteiger partial charge in [-0.25, -0.2) is 0 Å². The quantitative estimate of drug-likeness (QED) is 0.460. The van der Waals surface area contributed by atoms with E-state index in [0.29, 0.717) is 0 Å². The summed E-state index contributed by atoms with van der Waals surface area (Å²) in [7, 11) is 0. The molecule has 0 saturated heterocycles. The largest absolute Gasteiger partial charge is 0.325 e. The molecule has 0 spiro atoms. The lowest BCUT2D eigenvalue weighted by Crippen LogP contribution is -2.39. The lowest BCUT2D eigenvalue weighted by atomic mass is 9.84. The maximum atomic E-state index is 5.88. The van der Waals surface area contributed by atoms with Gasteiger partial charge in [-0.1, -0.05) is 12.2 Å². The molecule has 0 aliphatic heterocycles. The Bertz CT molecular complexity index is 177. The van der Waals surface area contributed by atoms with Crippen molar-refractivity contribution in [3.8, 4) is 12.3 Å². The van der Waals surface area contributed by atoms with Gasteiger partial charge in [0.15, 0.2) is 0 Å². The Morgan fingerprint density at radius 3 is 2.08 bits per heavy atom. The molecule has 0 atom stereocenters. The first-order valence-electron chi connectivity index (χ1n) is 4.20. The molecule has 0 aromatic rings. The second-order valence-electron chi connectivity index (χ2n) is 3.48. The fourth-order valence-electron chi connectivity index (χ4n) is 1.10. The van der Waals surface area contributed by atoms with Crippen LogP contribution in [0.4, 0.5) is 0 Å². The van der Waals surface area contributed by atoms with Gasteiger partial charge >= 0.3 is 0 Å². The standard InChI is InChI=1S/C7H13NS.C3H4/c1-7(8)4-2-6(9)3-5-7;1-3-2/h2-5,8H2,1H3;1H,2H3. The molecule has 1 saturated carbocycles. The van der Waals surface area contributed by atoms with E-state index in [1.54, 1.807) is 6.92 Å². The van der Waals surface area contributed by atoms with Crippen molar-refractivity contribution < 1.29 is 0 Å². The Morgan fingerprint density at radius 2 is 1.83 bits per heavy atom. The molecule has 0 aromatic carbocycles. The van der Waals surface area contributed by atoms with Crippen LogP contribution in [0.5, 0.6) is 0 Å². The lowest BCUT2D eigenvalue weighted by Gasteiger charge is -2.29. The number of thiocarbonyl (C=S) groups is 1. The van der Waals surface area contributed by atoms with E-state index in [0.717, 1.165) is 25.7 Å². The van der Waals surface area contributed by atoms with Gasteiger partial charge in [-0.05, 0) is 44.4 Å². The van der Waals surface area contributed by atoms with E-state index in [4.69, 9.17) is 18.0 Å². The Balaban J connectivity index is 0.000000354. The second-order valence-corrected chi connectivity index (χ2v) is 4.06. The minimum Gasteiger partial charge on any atom is -0.325 e. The summed E-state index contributed by atoms with van der Waals surface area (Å²) < 4.78 is 0. The second kappa shape index (κ2) is 5.29. The van der Waals surface area contributed by atoms with E-state index >= 15 is 0 Å². The van der Waals surface area contributed by atoms with E-state index in [9.17, 15) is 0 Å². The molecule has 0 heterocycles. The van der Waals surface area contributed by atoms with Crippen molar-refractivity contribution in [1.82, 2.24) is 0 Å². The van der Waals surface area contributed by atoms with Crippen molar-refractivity contribution in [1.29, 1.82) is 0 Å². The fraction of sp³-hybridized carbons (Fsp3) is 0.700. The topological polar surface area (TPSA) is 26.0 Å². The Kier molecular flexibility index (Phi) is 5.12. The van der Waals surface area contributed by atoms with Crippen LogP contribution in [0.2, 0.25) is 0 Å². The molecule has 0 amide bonds. The van der Waals surface area contributed by atoms with Gasteiger partial charge in [0.05, 0.1) is 0 Å². The predicted octanol–water partition coefficient (Wildman–Crippen LogP) is 2.29. The summed E-state index contributed by atoms with van der Waals surface area (Å²) >= 11 is 5.05. The summed E-state index contributed by atoms with van der Waals surface area (Å²) in [6.45, 7) is 3.76. The predicted molar refractivity (Wildman–Crippen MR) is 58.2 cm³/mol. The highest BCUT2D eigenvalue weighted by atomic mass is 32.1. The van der Waals surface area contributed by atoms with E-state index in [1.807, 2.05) is 0 Å². The van der Waals surface area contributed by atoms with Crippen LogP contribution in [-0.4, -0.2) is 10.4 Å². The lowest BCUT2D eigenvalue weighted by molar-refractivity contribution is 0.396. The van der Waals surface area contributed by atoms with Gasteiger partial charge in [0.25, 0.3) is 0 Å². The molecule has 2 N–H and O–H groups in total. The highest BCUT2D eigenvalue weighted by molar-refractivity contribution is 7.80. The molecule has 2 heteroatoms. The number of hydrogen-bond donors (Lipinski definition) is 1. The molecule has 0 aromatic heterocycles. The zero-order valence-electron chi connectivity index (χ0n) is 7.89. The average molecular weight is 183 g/mol. The van der Waals surface area contributed by atoms with E-state index in [1.165, 1.54) is 4.86 Å². The Hall–Kier alpha value is -0.390. The summed E-state index contributed by atoms with van der Waals surface area (Å²) in [5.41, 5.74) is 5.95. The van der Waals surface area contributed by atoms with Crippen molar-refractivity contribution in [3.63, 3.8) is 0 Å². The first kappa shape index (κ1) is 11.6. The Labute approximate surface area is 80.7 Å². The van der Waals surface area contributed by atoms with Crippen molar-refractivity contribution in [3.05, 3.63) is 0 Å². The molecular formula is C10H17NS. The van der Waals surface area contributed by atoms with Gasteiger partial charge in [0.2, 0.25) is 0 Å². The van der Waals surface area contributed by atoms with E-state index < -0.39 is 0 Å². The molecule has 1 aliphatic rings. The smallest absolute Gasteiger partial charge is 0.0132 e. The molecule has 1 nitrogen and oxygen atoms in total. The zero-order chi connectivity index (χ0) is 9.61. The van der Waals surface area contributed by atoms with Crippen LogP contribution < -0.4 is 5.73 Å². The molecule has 1 fully saturated rings. The van der Waals surface area contributed by atoms with Crippen molar-refractivity contribution in [2.75, 3.05) is 0 Å². The maximum Gasteiger partial charge on any atom is 0.0132 e. The Morgan fingerprint density at radius 1 is 1.50 bits per heavy atom. The van der Waals surface area contributed by atoms with Crippen LogP contribution in [0.25, 0.3) is 0 Å². The monoisotopic (exact) mass is 183 g/mol. The number of terminal acetylenes is 1. The first-order chi connectivity index (χ1) is 5.52. The summed E-state index contributed by atoms with van der Waals surface area (Å²) in [5, 5.41) is 0. The highest BCUT2D eigenvalue weighted by Gasteiger charge is 2.23. The third-order valence-electron chi connectivity index (χ3n) is 1.95. The van der Waals surface area contributed by atoms with Crippen LogP contribution >= 0.6 is 12.2 Å². The van der Waals surface area contributed by atoms with Gasteiger partial charge in [0, 0.05) is 5.54 Å². The van der Waals surface area contributed by atoms with Crippen molar-refractivity contribution in [2.45, 2.75) is 45.1 Å². The molecule has 0 unspecified atom stereocenters. The molecule has 0 bridgehead atoms. The van der Waals surface area contributed by atoms with Crippen LogP contribution in [0.15, 0.2) is 0 Å². The van der Waals surface area contributed by atoms with E-state index in [2.05, 4.69) is 19.3 Å². The summed E-state index contributed by atoms with van der Waals surface area (Å²) in [6, 6.07) is 0. The average Bonchev–Trinajstić information content (AvgIpc) is 1.98.